The van der Waals surface area contributed by atoms with Gasteiger partial charge >= 0.3 is 0 Å². The molecule has 2 fully saturated rings. The number of benzene rings is 1. The zero-order valence-electron chi connectivity index (χ0n) is 14.2. The molecule has 2 aliphatic carbocycles. The Labute approximate surface area is 141 Å². The van der Waals surface area contributed by atoms with Crippen LogP contribution in [0.2, 0.25) is 0 Å². The minimum atomic E-state index is -3.38. The summed E-state index contributed by atoms with van der Waals surface area (Å²) in [6.07, 6.45) is 11.3. The largest absolute Gasteiger partial charge is 0.243 e. The average Bonchev–Trinajstić information content (AvgIpc) is 2.57. The minimum absolute atomic E-state index is 0.207. The van der Waals surface area contributed by atoms with Crippen molar-refractivity contribution in [1.82, 2.24) is 4.31 Å². The van der Waals surface area contributed by atoms with E-state index >= 15 is 0 Å². The highest BCUT2D eigenvalue weighted by atomic mass is 32.2. The van der Waals surface area contributed by atoms with E-state index in [0.717, 1.165) is 56.9 Å². The molecule has 1 aromatic rings. The SMILES string of the molecule is Cc1ccc(S(=O)(=O)N(C2CCCCC2)C2CCCCC2)cc1. The lowest BCUT2D eigenvalue weighted by Crippen LogP contribution is -2.48. The zero-order valence-corrected chi connectivity index (χ0v) is 15.0. The lowest BCUT2D eigenvalue weighted by Gasteiger charge is -2.40. The summed E-state index contributed by atoms with van der Waals surface area (Å²) in [6, 6.07) is 7.79. The Bertz CT molecular complexity index is 579. The van der Waals surface area contributed by atoms with Crippen molar-refractivity contribution in [3.8, 4) is 0 Å². The summed E-state index contributed by atoms with van der Waals surface area (Å²) in [5.41, 5.74) is 1.10. The van der Waals surface area contributed by atoms with Crippen molar-refractivity contribution >= 4 is 10.0 Å². The summed E-state index contributed by atoms with van der Waals surface area (Å²) in [5.74, 6) is 0. The number of rotatable bonds is 4. The Morgan fingerprint density at radius 3 is 1.65 bits per heavy atom. The van der Waals surface area contributed by atoms with E-state index in [-0.39, 0.29) is 12.1 Å². The molecule has 4 heteroatoms. The molecule has 0 aliphatic heterocycles. The standard InChI is InChI=1S/C19H29NO2S/c1-16-12-14-19(15-13-16)23(21,22)20(17-8-4-2-5-9-17)18-10-6-3-7-11-18/h12-15,17-18H,2-11H2,1H3. The van der Waals surface area contributed by atoms with Gasteiger partial charge < -0.3 is 0 Å². The van der Waals surface area contributed by atoms with Gasteiger partial charge in [0, 0.05) is 12.1 Å². The van der Waals surface area contributed by atoms with Crippen LogP contribution in [-0.4, -0.2) is 24.8 Å². The van der Waals surface area contributed by atoms with Crippen LogP contribution in [0.1, 0.15) is 69.8 Å². The van der Waals surface area contributed by atoms with E-state index in [9.17, 15) is 8.42 Å². The van der Waals surface area contributed by atoms with E-state index in [0.29, 0.717) is 4.90 Å². The molecule has 0 atom stereocenters. The molecule has 0 amide bonds. The van der Waals surface area contributed by atoms with Crippen molar-refractivity contribution in [2.24, 2.45) is 0 Å². The third-order valence-corrected chi connectivity index (χ3v) is 7.48. The van der Waals surface area contributed by atoms with Crippen molar-refractivity contribution in [1.29, 1.82) is 0 Å². The zero-order chi connectivity index (χ0) is 16.3. The Hall–Kier alpha value is -0.870. The minimum Gasteiger partial charge on any atom is -0.207 e. The summed E-state index contributed by atoms with van der Waals surface area (Å²) in [6.45, 7) is 2.00. The van der Waals surface area contributed by atoms with Crippen LogP contribution in [0.15, 0.2) is 29.2 Å². The molecular formula is C19H29NO2S. The van der Waals surface area contributed by atoms with Crippen LogP contribution in [0.25, 0.3) is 0 Å². The molecule has 2 aliphatic rings. The molecule has 23 heavy (non-hydrogen) atoms. The lowest BCUT2D eigenvalue weighted by atomic mass is 9.91. The molecule has 3 rings (SSSR count). The van der Waals surface area contributed by atoms with E-state index in [1.54, 1.807) is 12.1 Å². The molecule has 0 unspecified atom stereocenters. The van der Waals surface area contributed by atoms with E-state index in [1.807, 2.05) is 23.4 Å². The van der Waals surface area contributed by atoms with Crippen LogP contribution >= 0.6 is 0 Å². The molecule has 0 heterocycles. The Balaban J connectivity index is 1.93. The fraction of sp³-hybridized carbons (Fsp3) is 0.684. The van der Waals surface area contributed by atoms with Gasteiger partial charge in [-0.25, -0.2) is 8.42 Å². The maximum absolute atomic E-state index is 13.4. The highest BCUT2D eigenvalue weighted by Crippen LogP contribution is 2.34. The van der Waals surface area contributed by atoms with E-state index in [1.165, 1.54) is 12.8 Å². The van der Waals surface area contributed by atoms with Gasteiger partial charge in [-0.15, -0.1) is 0 Å². The first-order chi connectivity index (χ1) is 11.1. The summed E-state index contributed by atoms with van der Waals surface area (Å²) >= 11 is 0. The topological polar surface area (TPSA) is 37.4 Å². The predicted molar refractivity (Wildman–Crippen MR) is 93.9 cm³/mol. The third-order valence-electron chi connectivity index (χ3n) is 5.47. The molecule has 0 saturated heterocycles. The van der Waals surface area contributed by atoms with Gasteiger partial charge in [0.15, 0.2) is 0 Å². The van der Waals surface area contributed by atoms with E-state index < -0.39 is 10.0 Å². The van der Waals surface area contributed by atoms with Crippen molar-refractivity contribution in [2.75, 3.05) is 0 Å². The molecule has 0 spiro atoms. The van der Waals surface area contributed by atoms with E-state index in [4.69, 9.17) is 0 Å². The first-order valence-electron chi connectivity index (χ1n) is 9.19. The van der Waals surface area contributed by atoms with Gasteiger partial charge in [0.1, 0.15) is 0 Å². The van der Waals surface area contributed by atoms with Crippen LogP contribution in [-0.2, 0) is 10.0 Å². The second-order valence-corrected chi connectivity index (χ2v) is 9.07. The second-order valence-electron chi connectivity index (χ2n) is 7.23. The molecule has 0 bridgehead atoms. The maximum Gasteiger partial charge on any atom is 0.243 e. The molecule has 1 aromatic carbocycles. The van der Waals surface area contributed by atoms with Gasteiger partial charge in [-0.2, -0.15) is 4.31 Å². The number of nitrogens with zero attached hydrogens (tertiary/aromatic N) is 1. The van der Waals surface area contributed by atoms with Gasteiger partial charge in [-0.05, 0) is 44.7 Å². The molecule has 0 aromatic heterocycles. The fourth-order valence-electron chi connectivity index (χ4n) is 4.19. The normalized spacial score (nSPS) is 21.7. The molecule has 3 nitrogen and oxygen atoms in total. The Morgan fingerprint density at radius 2 is 1.22 bits per heavy atom. The van der Waals surface area contributed by atoms with Crippen LogP contribution in [0.4, 0.5) is 0 Å². The number of hydrogen-bond acceptors (Lipinski definition) is 2. The second kappa shape index (κ2) is 7.35. The summed E-state index contributed by atoms with van der Waals surface area (Å²) in [4.78, 5) is 0.472. The van der Waals surface area contributed by atoms with Gasteiger partial charge in [-0.3, -0.25) is 0 Å². The van der Waals surface area contributed by atoms with Crippen molar-refractivity contribution < 1.29 is 8.42 Å². The first kappa shape index (κ1) is 17.0. The van der Waals surface area contributed by atoms with Gasteiger partial charge in [0.05, 0.1) is 4.90 Å². The van der Waals surface area contributed by atoms with Crippen molar-refractivity contribution in [2.45, 2.75) is 88.1 Å². The maximum atomic E-state index is 13.4. The molecule has 2 saturated carbocycles. The monoisotopic (exact) mass is 335 g/mol. The van der Waals surface area contributed by atoms with Gasteiger partial charge in [-0.1, -0.05) is 56.2 Å². The van der Waals surface area contributed by atoms with E-state index in [2.05, 4.69) is 0 Å². The summed E-state index contributed by atoms with van der Waals surface area (Å²) in [7, 11) is -3.38. The Kier molecular flexibility index (Phi) is 5.42. The number of hydrogen-bond donors (Lipinski definition) is 0. The third kappa shape index (κ3) is 3.80. The van der Waals surface area contributed by atoms with Crippen LogP contribution < -0.4 is 0 Å². The lowest BCUT2D eigenvalue weighted by molar-refractivity contribution is 0.169. The first-order valence-corrected chi connectivity index (χ1v) is 10.6. The molecule has 128 valence electrons. The van der Waals surface area contributed by atoms with Gasteiger partial charge in [0.25, 0.3) is 0 Å². The smallest absolute Gasteiger partial charge is 0.207 e. The van der Waals surface area contributed by atoms with Gasteiger partial charge in [0.2, 0.25) is 10.0 Å². The quantitative estimate of drug-likeness (QED) is 0.803. The highest BCUT2D eigenvalue weighted by molar-refractivity contribution is 7.89. The van der Waals surface area contributed by atoms with Crippen LogP contribution in [0.5, 0.6) is 0 Å². The number of sulfonamides is 1. The molecule has 0 radical (unpaired) electrons. The molecule has 0 N–H and O–H groups in total. The van der Waals surface area contributed by atoms with Crippen LogP contribution in [0, 0.1) is 6.92 Å². The van der Waals surface area contributed by atoms with Crippen molar-refractivity contribution in [3.05, 3.63) is 29.8 Å². The number of aryl methyl sites for hydroxylation is 1. The van der Waals surface area contributed by atoms with Crippen molar-refractivity contribution in [3.63, 3.8) is 0 Å². The fourth-order valence-corrected chi connectivity index (χ4v) is 6.12. The average molecular weight is 336 g/mol. The summed E-state index contributed by atoms with van der Waals surface area (Å²) in [5, 5.41) is 0. The predicted octanol–water partition coefficient (Wildman–Crippen LogP) is 4.65. The highest BCUT2D eigenvalue weighted by Gasteiger charge is 2.38. The van der Waals surface area contributed by atoms with Crippen LogP contribution in [0.3, 0.4) is 0 Å². The molecular weight excluding hydrogens is 306 g/mol. The summed E-state index contributed by atoms with van der Waals surface area (Å²) < 4.78 is 28.7. The Morgan fingerprint density at radius 1 is 0.783 bits per heavy atom.